The largest absolute Gasteiger partial charge is 0.356 e. The zero-order chi connectivity index (χ0) is 16.9. The molecule has 0 aliphatic heterocycles. The van der Waals surface area contributed by atoms with Gasteiger partial charge in [-0.05, 0) is 31.5 Å². The molecule has 2 aromatic heterocycles. The van der Waals surface area contributed by atoms with E-state index in [1.165, 1.54) is 12.1 Å². The molecule has 7 heteroatoms. The van der Waals surface area contributed by atoms with Crippen LogP contribution >= 0.6 is 11.3 Å². The summed E-state index contributed by atoms with van der Waals surface area (Å²) in [5.74, 6) is 0.395. The molecule has 2 N–H and O–H groups in total. The third-order valence-electron chi connectivity index (χ3n) is 3.64. The first kappa shape index (κ1) is 16.6. The molecule has 1 amide bonds. The van der Waals surface area contributed by atoms with Gasteiger partial charge in [0.05, 0.1) is 16.0 Å². The first-order chi connectivity index (χ1) is 11.6. The van der Waals surface area contributed by atoms with Gasteiger partial charge in [0.2, 0.25) is 5.91 Å². The highest BCUT2D eigenvalue weighted by Crippen LogP contribution is 2.14. The molecule has 1 aromatic carbocycles. The maximum absolute atomic E-state index is 13.1. The number of halogens is 1. The molecular formula is C17H19FN4OS. The number of aromatic nitrogens is 3. The summed E-state index contributed by atoms with van der Waals surface area (Å²) in [5.41, 5.74) is 2.42. The summed E-state index contributed by atoms with van der Waals surface area (Å²) < 4.78 is 13.1. The van der Waals surface area contributed by atoms with Gasteiger partial charge in [0.25, 0.3) is 0 Å². The Morgan fingerprint density at radius 1 is 1.33 bits per heavy atom. The monoisotopic (exact) mass is 346 g/mol. The minimum atomic E-state index is -0.300. The summed E-state index contributed by atoms with van der Waals surface area (Å²) in [6.07, 6.45) is 2.63. The number of nitrogens with one attached hydrogen (secondary N) is 2. The van der Waals surface area contributed by atoms with E-state index in [-0.39, 0.29) is 11.7 Å². The SMILES string of the molecule is Cc1csc(CCCNC(=O)CCc2nc3ccc(F)cc3[nH]2)n1. The number of amides is 1. The van der Waals surface area contributed by atoms with Crippen molar-refractivity contribution in [3.05, 3.63) is 45.9 Å². The summed E-state index contributed by atoms with van der Waals surface area (Å²) in [4.78, 5) is 23.7. The molecule has 3 rings (SSSR count). The topological polar surface area (TPSA) is 70.7 Å². The summed E-state index contributed by atoms with van der Waals surface area (Å²) in [7, 11) is 0. The lowest BCUT2D eigenvalue weighted by atomic mass is 10.2. The number of thiazole rings is 1. The summed E-state index contributed by atoms with van der Waals surface area (Å²) >= 11 is 1.66. The first-order valence-electron chi connectivity index (χ1n) is 7.92. The maximum atomic E-state index is 13.1. The van der Waals surface area contributed by atoms with Gasteiger partial charge in [-0.15, -0.1) is 11.3 Å². The lowest BCUT2D eigenvalue weighted by molar-refractivity contribution is -0.121. The van der Waals surface area contributed by atoms with Gasteiger partial charge in [-0.3, -0.25) is 4.79 Å². The van der Waals surface area contributed by atoms with Crippen molar-refractivity contribution in [2.24, 2.45) is 0 Å². The molecule has 0 fully saturated rings. The molecule has 0 saturated heterocycles. The van der Waals surface area contributed by atoms with Crippen molar-refractivity contribution in [2.75, 3.05) is 6.54 Å². The van der Waals surface area contributed by atoms with Crippen molar-refractivity contribution in [1.29, 1.82) is 0 Å². The lowest BCUT2D eigenvalue weighted by Crippen LogP contribution is -2.25. The molecule has 24 heavy (non-hydrogen) atoms. The Kier molecular flexibility index (Phi) is 5.20. The highest BCUT2D eigenvalue weighted by atomic mass is 32.1. The van der Waals surface area contributed by atoms with Crippen LogP contribution in [0.1, 0.15) is 29.4 Å². The standard InChI is InChI=1S/C17H19FN4OS/c1-11-10-24-17(20-11)3-2-8-19-16(23)7-6-15-21-13-5-4-12(18)9-14(13)22-15/h4-5,9-10H,2-3,6-8H2,1H3,(H,19,23)(H,21,22). The quantitative estimate of drug-likeness (QED) is 0.646. The fourth-order valence-corrected chi connectivity index (χ4v) is 3.28. The number of H-pyrrole nitrogens is 1. The molecular weight excluding hydrogens is 327 g/mol. The number of aryl methyl sites for hydroxylation is 3. The van der Waals surface area contributed by atoms with Crippen molar-refractivity contribution in [3.63, 3.8) is 0 Å². The molecule has 0 unspecified atom stereocenters. The number of hydrogen-bond donors (Lipinski definition) is 2. The lowest BCUT2D eigenvalue weighted by Gasteiger charge is -2.03. The van der Waals surface area contributed by atoms with E-state index in [4.69, 9.17) is 0 Å². The van der Waals surface area contributed by atoms with E-state index in [9.17, 15) is 9.18 Å². The predicted octanol–water partition coefficient (Wildman–Crippen LogP) is 3.15. The number of benzene rings is 1. The summed E-state index contributed by atoms with van der Waals surface area (Å²) in [6, 6.07) is 4.42. The van der Waals surface area contributed by atoms with Crippen LogP contribution in [0.2, 0.25) is 0 Å². The summed E-state index contributed by atoms with van der Waals surface area (Å²) in [6.45, 7) is 2.62. The minimum Gasteiger partial charge on any atom is -0.356 e. The van der Waals surface area contributed by atoms with Gasteiger partial charge in [-0.25, -0.2) is 14.4 Å². The van der Waals surface area contributed by atoms with E-state index in [1.807, 2.05) is 12.3 Å². The van der Waals surface area contributed by atoms with Crippen LogP contribution in [0.3, 0.4) is 0 Å². The number of rotatable bonds is 7. The van der Waals surface area contributed by atoms with Gasteiger partial charge in [0, 0.05) is 36.9 Å². The van der Waals surface area contributed by atoms with Gasteiger partial charge in [-0.2, -0.15) is 0 Å². The number of fused-ring (bicyclic) bond motifs is 1. The number of carbonyl (C=O) groups excluding carboxylic acids is 1. The van der Waals surface area contributed by atoms with Gasteiger partial charge in [0.1, 0.15) is 11.6 Å². The third-order valence-corrected chi connectivity index (χ3v) is 4.66. The van der Waals surface area contributed by atoms with Crippen LogP contribution in [-0.4, -0.2) is 27.4 Å². The number of carbonyl (C=O) groups is 1. The average Bonchev–Trinajstić information content (AvgIpc) is 3.15. The Balaban J connectivity index is 1.40. The van der Waals surface area contributed by atoms with Gasteiger partial charge in [0.15, 0.2) is 0 Å². The van der Waals surface area contributed by atoms with Crippen LogP contribution < -0.4 is 5.32 Å². The van der Waals surface area contributed by atoms with Crippen LogP contribution in [0.5, 0.6) is 0 Å². The molecule has 2 heterocycles. The molecule has 5 nitrogen and oxygen atoms in total. The molecule has 126 valence electrons. The van der Waals surface area contributed by atoms with E-state index in [0.717, 1.165) is 23.5 Å². The Bertz CT molecular complexity index is 842. The Labute approximate surface area is 143 Å². The highest BCUT2D eigenvalue weighted by Gasteiger charge is 2.07. The van der Waals surface area contributed by atoms with E-state index in [1.54, 1.807) is 17.4 Å². The van der Waals surface area contributed by atoms with E-state index in [2.05, 4.69) is 20.3 Å². The van der Waals surface area contributed by atoms with Crippen molar-refractivity contribution in [1.82, 2.24) is 20.3 Å². The zero-order valence-electron chi connectivity index (χ0n) is 13.4. The second-order valence-corrected chi connectivity index (χ2v) is 6.62. The molecule has 0 radical (unpaired) electrons. The second kappa shape index (κ2) is 7.53. The smallest absolute Gasteiger partial charge is 0.220 e. The fraction of sp³-hybridized carbons (Fsp3) is 0.353. The molecule has 0 spiro atoms. The van der Waals surface area contributed by atoms with Crippen molar-refractivity contribution < 1.29 is 9.18 Å². The maximum Gasteiger partial charge on any atom is 0.220 e. The molecule has 3 aromatic rings. The summed E-state index contributed by atoms with van der Waals surface area (Å²) in [5, 5.41) is 6.05. The third kappa shape index (κ3) is 4.38. The second-order valence-electron chi connectivity index (χ2n) is 5.68. The van der Waals surface area contributed by atoms with Gasteiger partial charge < -0.3 is 10.3 Å². The van der Waals surface area contributed by atoms with Crippen molar-refractivity contribution in [2.45, 2.75) is 32.6 Å². The van der Waals surface area contributed by atoms with E-state index in [0.29, 0.717) is 36.2 Å². The van der Waals surface area contributed by atoms with Crippen LogP contribution in [0.25, 0.3) is 11.0 Å². The van der Waals surface area contributed by atoms with E-state index >= 15 is 0 Å². The Morgan fingerprint density at radius 3 is 3.00 bits per heavy atom. The average molecular weight is 346 g/mol. The molecule has 0 saturated carbocycles. The Morgan fingerprint density at radius 2 is 2.21 bits per heavy atom. The van der Waals surface area contributed by atoms with Crippen LogP contribution in [-0.2, 0) is 17.6 Å². The van der Waals surface area contributed by atoms with Crippen LogP contribution in [0.15, 0.2) is 23.6 Å². The minimum absolute atomic E-state index is 0.00282. The molecule has 0 atom stereocenters. The number of aromatic amines is 1. The molecule has 0 aliphatic carbocycles. The molecule has 0 aliphatic rings. The number of imidazole rings is 1. The fourth-order valence-electron chi connectivity index (χ4n) is 2.46. The van der Waals surface area contributed by atoms with Crippen LogP contribution in [0.4, 0.5) is 4.39 Å². The highest BCUT2D eigenvalue weighted by molar-refractivity contribution is 7.09. The molecule has 0 bridgehead atoms. The number of nitrogens with zero attached hydrogens (tertiary/aromatic N) is 2. The number of hydrogen-bond acceptors (Lipinski definition) is 4. The van der Waals surface area contributed by atoms with Crippen molar-refractivity contribution >= 4 is 28.3 Å². The van der Waals surface area contributed by atoms with Crippen LogP contribution in [0, 0.1) is 12.7 Å². The predicted molar refractivity (Wildman–Crippen MR) is 92.6 cm³/mol. The van der Waals surface area contributed by atoms with Gasteiger partial charge in [-0.1, -0.05) is 0 Å². The normalized spacial score (nSPS) is 11.1. The Hall–Kier alpha value is -2.28. The van der Waals surface area contributed by atoms with Gasteiger partial charge >= 0.3 is 0 Å². The van der Waals surface area contributed by atoms with Crippen molar-refractivity contribution in [3.8, 4) is 0 Å². The first-order valence-corrected chi connectivity index (χ1v) is 8.80. The zero-order valence-corrected chi connectivity index (χ0v) is 14.3. The van der Waals surface area contributed by atoms with E-state index < -0.39 is 0 Å².